The summed E-state index contributed by atoms with van der Waals surface area (Å²) >= 11 is 0. The lowest BCUT2D eigenvalue weighted by atomic mass is 9.90. The second kappa shape index (κ2) is 10.5. The summed E-state index contributed by atoms with van der Waals surface area (Å²) in [5.41, 5.74) is 6.61. The van der Waals surface area contributed by atoms with Crippen LogP contribution >= 0.6 is 0 Å². The molecular weight excluding hydrogens is 432 g/mol. The van der Waals surface area contributed by atoms with E-state index in [1.54, 1.807) is 47.4 Å². The quantitative estimate of drug-likeness (QED) is 0.255. The Bertz CT molecular complexity index is 1070. The lowest BCUT2D eigenvalue weighted by Gasteiger charge is -2.39. The van der Waals surface area contributed by atoms with Crippen molar-refractivity contribution in [2.24, 2.45) is 11.7 Å². The van der Waals surface area contributed by atoms with Gasteiger partial charge in [0.1, 0.15) is 11.4 Å². The van der Waals surface area contributed by atoms with Crippen LogP contribution < -0.4 is 11.1 Å². The molecule has 1 aliphatic heterocycles. The number of carboxylic acids is 1. The molecule has 1 heterocycles. The van der Waals surface area contributed by atoms with Crippen molar-refractivity contribution in [3.63, 3.8) is 0 Å². The summed E-state index contributed by atoms with van der Waals surface area (Å²) in [5.74, 6) is -1.03. The van der Waals surface area contributed by atoms with Gasteiger partial charge in [0.15, 0.2) is 5.78 Å². The first kappa shape index (κ1) is 25.0. The van der Waals surface area contributed by atoms with E-state index in [1.807, 2.05) is 19.9 Å². The second-order valence-corrected chi connectivity index (χ2v) is 9.01. The van der Waals surface area contributed by atoms with Gasteiger partial charge in [-0.3, -0.25) is 19.8 Å². The van der Waals surface area contributed by atoms with Gasteiger partial charge >= 0.3 is 5.97 Å². The molecule has 180 valence electrons. The molecular formula is C26H32N4O4. The van der Waals surface area contributed by atoms with Gasteiger partial charge < -0.3 is 21.1 Å². The maximum Gasteiger partial charge on any atom is 0.303 e. The van der Waals surface area contributed by atoms with Crippen LogP contribution in [-0.4, -0.2) is 52.1 Å². The van der Waals surface area contributed by atoms with E-state index >= 15 is 0 Å². The number of nitrogen functional groups attached to an aromatic ring is 1. The highest BCUT2D eigenvalue weighted by atomic mass is 16.4. The molecule has 5 N–H and O–H groups in total. The largest absolute Gasteiger partial charge is 0.481 e. The molecule has 1 saturated heterocycles. The van der Waals surface area contributed by atoms with Gasteiger partial charge in [-0.2, -0.15) is 0 Å². The first-order valence-corrected chi connectivity index (χ1v) is 11.5. The molecule has 1 atom stereocenters. The number of nitrogens with two attached hydrogens (primary N) is 1. The summed E-state index contributed by atoms with van der Waals surface area (Å²) in [7, 11) is 0. The average molecular weight is 465 g/mol. The number of hydrogen-bond donors (Lipinski definition) is 4. The molecule has 0 aromatic heterocycles. The van der Waals surface area contributed by atoms with Gasteiger partial charge in [-0.15, -0.1) is 0 Å². The zero-order valence-corrected chi connectivity index (χ0v) is 19.6. The van der Waals surface area contributed by atoms with E-state index in [0.717, 1.165) is 0 Å². The average Bonchev–Trinajstić information content (AvgIpc) is 2.83. The van der Waals surface area contributed by atoms with Crippen LogP contribution in [0.5, 0.6) is 0 Å². The van der Waals surface area contributed by atoms with E-state index in [1.165, 1.54) is 0 Å². The zero-order chi connectivity index (χ0) is 24.9. The van der Waals surface area contributed by atoms with Gasteiger partial charge in [0.25, 0.3) is 0 Å². The summed E-state index contributed by atoms with van der Waals surface area (Å²) in [6.45, 7) is 4.81. The van der Waals surface area contributed by atoms with E-state index < -0.39 is 11.5 Å². The second-order valence-electron chi connectivity index (χ2n) is 9.01. The number of benzene rings is 2. The highest BCUT2D eigenvalue weighted by molar-refractivity contribution is 6.13. The molecule has 0 bridgehead atoms. The fourth-order valence-corrected chi connectivity index (χ4v) is 4.27. The number of para-hydroxylation sites is 1. The van der Waals surface area contributed by atoms with Crippen LogP contribution in [-0.2, 0) is 9.59 Å². The molecule has 1 aliphatic rings. The highest BCUT2D eigenvalue weighted by Gasteiger charge is 2.37. The number of rotatable bonds is 9. The Morgan fingerprint density at radius 1 is 1.09 bits per heavy atom. The molecule has 2 aromatic rings. The number of carbonyl (C=O) groups excluding carboxylic acids is 2. The van der Waals surface area contributed by atoms with Crippen LogP contribution in [0, 0.1) is 11.3 Å². The van der Waals surface area contributed by atoms with Gasteiger partial charge in [0.2, 0.25) is 5.91 Å². The topological polar surface area (TPSA) is 137 Å². The van der Waals surface area contributed by atoms with Crippen molar-refractivity contribution in [1.29, 1.82) is 5.41 Å². The van der Waals surface area contributed by atoms with Crippen LogP contribution in [0.2, 0.25) is 0 Å². The number of carbonyl (C=O) groups is 3. The van der Waals surface area contributed by atoms with Crippen LogP contribution in [0.4, 0.5) is 5.69 Å². The highest BCUT2D eigenvalue weighted by Crippen LogP contribution is 2.28. The Kier molecular flexibility index (Phi) is 7.71. The number of hydrogen-bond acceptors (Lipinski definition) is 5. The Hall–Kier alpha value is -3.68. The number of aliphatic carboxylic acids is 1. The van der Waals surface area contributed by atoms with Crippen molar-refractivity contribution in [2.75, 3.05) is 18.4 Å². The third kappa shape index (κ3) is 5.62. The molecule has 0 saturated carbocycles. The minimum atomic E-state index is -0.922. The number of anilines is 1. The molecule has 2 aromatic carbocycles. The molecule has 8 nitrogen and oxygen atoms in total. The summed E-state index contributed by atoms with van der Waals surface area (Å²) in [6.07, 6.45) is 1.98. The lowest BCUT2D eigenvalue weighted by molar-refractivity contribution is -0.139. The minimum Gasteiger partial charge on any atom is -0.481 e. The van der Waals surface area contributed by atoms with Gasteiger partial charge in [0, 0.05) is 41.9 Å². The zero-order valence-electron chi connectivity index (χ0n) is 19.6. The molecule has 0 spiro atoms. The van der Waals surface area contributed by atoms with Gasteiger partial charge in [0.05, 0.1) is 0 Å². The summed E-state index contributed by atoms with van der Waals surface area (Å²) in [4.78, 5) is 39.5. The van der Waals surface area contributed by atoms with E-state index in [2.05, 4.69) is 5.32 Å². The van der Waals surface area contributed by atoms with E-state index in [-0.39, 0.29) is 29.9 Å². The normalized spacial score (nSPS) is 15.9. The number of nitrogens with zero attached hydrogens (tertiary/aromatic N) is 1. The van der Waals surface area contributed by atoms with E-state index in [9.17, 15) is 14.4 Å². The van der Waals surface area contributed by atoms with Crippen LogP contribution in [0.15, 0.2) is 48.5 Å². The van der Waals surface area contributed by atoms with Crippen molar-refractivity contribution in [3.05, 3.63) is 65.2 Å². The van der Waals surface area contributed by atoms with Gasteiger partial charge in [-0.05, 0) is 44.2 Å². The van der Waals surface area contributed by atoms with E-state index in [0.29, 0.717) is 54.7 Å². The molecule has 3 rings (SSSR count). The Labute approximate surface area is 199 Å². The third-order valence-electron chi connectivity index (χ3n) is 6.58. The minimum absolute atomic E-state index is 0.0585. The number of carboxylic acid groups (broad SMARTS) is 1. The fraction of sp³-hybridized carbons (Fsp3) is 0.385. The number of amides is 1. The number of ketones is 1. The van der Waals surface area contributed by atoms with Crippen molar-refractivity contribution in [2.45, 2.75) is 45.1 Å². The standard InChI is InChI=1S/C26H32N4O4/c1-3-26(2,25(34)30-14-12-17(13-15-30)16-22(31)32)29-21-7-5-4-6-20(21)23(33)18-8-10-19(11-9-18)24(27)28/h4-11,17,29H,3,12-16H2,1-2H3,(H3,27,28)(H,31,32)/t26-/m1/s1. The van der Waals surface area contributed by atoms with Gasteiger partial charge in [-0.25, -0.2) is 0 Å². The number of likely N-dealkylation sites (tertiary alicyclic amines) is 1. The number of nitrogens with one attached hydrogen (secondary N) is 2. The molecule has 0 aliphatic carbocycles. The molecule has 0 radical (unpaired) electrons. The van der Waals surface area contributed by atoms with Crippen molar-refractivity contribution < 1.29 is 19.5 Å². The monoisotopic (exact) mass is 464 g/mol. The first-order valence-electron chi connectivity index (χ1n) is 11.5. The van der Waals surface area contributed by atoms with Crippen molar-refractivity contribution in [1.82, 2.24) is 4.90 Å². The predicted octanol–water partition coefficient (Wildman–Crippen LogP) is 3.50. The fourth-order valence-electron chi connectivity index (χ4n) is 4.27. The SMILES string of the molecule is CC[C@@](C)(Nc1ccccc1C(=O)c1ccc(C(=N)N)cc1)C(=O)N1CCC(CC(=O)O)CC1. The summed E-state index contributed by atoms with van der Waals surface area (Å²) < 4.78 is 0. The molecule has 1 amide bonds. The van der Waals surface area contributed by atoms with Crippen LogP contribution in [0.1, 0.15) is 61.0 Å². The summed E-state index contributed by atoms with van der Waals surface area (Å²) in [5, 5.41) is 19.9. The smallest absolute Gasteiger partial charge is 0.303 e. The third-order valence-corrected chi connectivity index (χ3v) is 6.58. The van der Waals surface area contributed by atoms with Crippen molar-refractivity contribution in [3.8, 4) is 0 Å². The van der Waals surface area contributed by atoms with Crippen molar-refractivity contribution >= 4 is 29.2 Å². The number of amidine groups is 1. The number of piperidine rings is 1. The maximum atomic E-state index is 13.5. The Morgan fingerprint density at radius 2 is 1.68 bits per heavy atom. The van der Waals surface area contributed by atoms with Crippen LogP contribution in [0.3, 0.4) is 0 Å². The van der Waals surface area contributed by atoms with Crippen LogP contribution in [0.25, 0.3) is 0 Å². The van der Waals surface area contributed by atoms with Gasteiger partial charge in [-0.1, -0.05) is 43.3 Å². The first-order chi connectivity index (χ1) is 16.1. The molecule has 34 heavy (non-hydrogen) atoms. The lowest BCUT2D eigenvalue weighted by Crippen LogP contribution is -2.54. The predicted molar refractivity (Wildman–Crippen MR) is 131 cm³/mol. The molecule has 0 unspecified atom stereocenters. The Morgan fingerprint density at radius 3 is 2.24 bits per heavy atom. The Balaban J connectivity index is 1.78. The van der Waals surface area contributed by atoms with E-state index in [4.69, 9.17) is 16.2 Å². The summed E-state index contributed by atoms with van der Waals surface area (Å²) in [6, 6.07) is 13.7. The molecule has 8 heteroatoms. The maximum absolute atomic E-state index is 13.5. The molecule has 1 fully saturated rings.